The predicted octanol–water partition coefficient (Wildman–Crippen LogP) is 0.697. The van der Waals surface area contributed by atoms with E-state index in [2.05, 4.69) is 28.8 Å². The van der Waals surface area contributed by atoms with Crippen LogP contribution in [0.5, 0.6) is 6.01 Å². The molecule has 1 aromatic rings. The normalized spacial score (nSPS) is 12.3. The first-order valence-electron chi connectivity index (χ1n) is 4.86. The van der Waals surface area contributed by atoms with Crippen molar-refractivity contribution >= 4 is 11.9 Å². The summed E-state index contributed by atoms with van der Waals surface area (Å²) in [5.74, 6) is 0.709. The van der Waals surface area contributed by atoms with Crippen molar-refractivity contribution in [2.45, 2.75) is 26.3 Å². The van der Waals surface area contributed by atoms with Crippen molar-refractivity contribution in [2.75, 3.05) is 24.8 Å². The SMILES string of the molecule is CCC(C)N(C)c1nc(N)nc(OC)n1. The fourth-order valence-electron chi connectivity index (χ4n) is 1.08. The van der Waals surface area contributed by atoms with E-state index in [1.807, 2.05) is 11.9 Å². The maximum atomic E-state index is 5.55. The second-order valence-electron chi connectivity index (χ2n) is 3.35. The lowest BCUT2D eigenvalue weighted by atomic mass is 10.2. The molecule has 0 spiro atoms. The first kappa shape index (κ1) is 11.5. The van der Waals surface area contributed by atoms with E-state index in [1.54, 1.807) is 0 Å². The van der Waals surface area contributed by atoms with E-state index in [9.17, 15) is 0 Å². The molecule has 0 aliphatic heterocycles. The molecule has 1 heterocycles. The molecule has 0 radical (unpaired) electrons. The van der Waals surface area contributed by atoms with Gasteiger partial charge in [0.1, 0.15) is 0 Å². The molecule has 84 valence electrons. The Balaban J connectivity index is 2.97. The van der Waals surface area contributed by atoms with E-state index >= 15 is 0 Å². The fourth-order valence-corrected chi connectivity index (χ4v) is 1.08. The lowest BCUT2D eigenvalue weighted by Gasteiger charge is -2.23. The quantitative estimate of drug-likeness (QED) is 0.789. The van der Waals surface area contributed by atoms with Gasteiger partial charge in [0.05, 0.1) is 7.11 Å². The highest BCUT2D eigenvalue weighted by molar-refractivity contribution is 5.35. The van der Waals surface area contributed by atoms with Crippen molar-refractivity contribution < 1.29 is 4.74 Å². The lowest BCUT2D eigenvalue weighted by molar-refractivity contribution is 0.378. The Hall–Kier alpha value is -1.59. The minimum atomic E-state index is 0.173. The van der Waals surface area contributed by atoms with Crippen LogP contribution in [0.2, 0.25) is 0 Å². The van der Waals surface area contributed by atoms with Crippen molar-refractivity contribution in [2.24, 2.45) is 0 Å². The molecule has 2 N–H and O–H groups in total. The number of hydrogen-bond acceptors (Lipinski definition) is 6. The van der Waals surface area contributed by atoms with Gasteiger partial charge in [-0.05, 0) is 13.3 Å². The van der Waals surface area contributed by atoms with E-state index in [4.69, 9.17) is 10.5 Å². The molecule has 1 atom stereocenters. The van der Waals surface area contributed by atoms with Crippen LogP contribution in [0.4, 0.5) is 11.9 Å². The minimum absolute atomic E-state index is 0.173. The second-order valence-corrected chi connectivity index (χ2v) is 3.35. The van der Waals surface area contributed by atoms with Gasteiger partial charge in [-0.3, -0.25) is 0 Å². The summed E-state index contributed by atoms with van der Waals surface area (Å²) >= 11 is 0. The van der Waals surface area contributed by atoms with Gasteiger partial charge in [0.25, 0.3) is 0 Å². The maximum absolute atomic E-state index is 5.55. The lowest BCUT2D eigenvalue weighted by Crippen LogP contribution is -2.30. The molecular formula is C9H17N5O. The summed E-state index contributed by atoms with van der Waals surface area (Å²) in [7, 11) is 3.42. The fraction of sp³-hybridized carbons (Fsp3) is 0.667. The van der Waals surface area contributed by atoms with Crippen LogP contribution in [0.3, 0.4) is 0 Å². The number of nitrogens with zero attached hydrogens (tertiary/aromatic N) is 4. The predicted molar refractivity (Wildman–Crippen MR) is 58.9 cm³/mol. The zero-order valence-corrected chi connectivity index (χ0v) is 9.56. The summed E-state index contributed by atoms with van der Waals surface area (Å²) in [6.07, 6.45) is 1.00. The average molecular weight is 211 g/mol. The summed E-state index contributed by atoms with van der Waals surface area (Å²) in [5, 5.41) is 0. The standard InChI is InChI=1S/C9H17N5O/c1-5-6(2)14(3)8-11-7(10)12-9(13-8)15-4/h6H,5H2,1-4H3,(H2,10,11,12,13). The second kappa shape index (κ2) is 4.77. The Morgan fingerprint density at radius 1 is 1.40 bits per heavy atom. The van der Waals surface area contributed by atoms with Crippen LogP contribution in [-0.4, -0.2) is 35.2 Å². The largest absolute Gasteiger partial charge is 0.467 e. The molecule has 0 fully saturated rings. The Morgan fingerprint density at radius 2 is 2.07 bits per heavy atom. The van der Waals surface area contributed by atoms with Gasteiger partial charge >= 0.3 is 6.01 Å². The smallest absolute Gasteiger partial charge is 0.322 e. The number of hydrogen-bond donors (Lipinski definition) is 1. The molecule has 0 saturated carbocycles. The molecule has 0 aliphatic carbocycles. The maximum Gasteiger partial charge on any atom is 0.322 e. The van der Waals surface area contributed by atoms with Gasteiger partial charge in [-0.25, -0.2) is 0 Å². The van der Waals surface area contributed by atoms with Gasteiger partial charge in [-0.15, -0.1) is 0 Å². The zero-order valence-electron chi connectivity index (χ0n) is 9.56. The van der Waals surface area contributed by atoms with Crippen LogP contribution >= 0.6 is 0 Å². The topological polar surface area (TPSA) is 77.2 Å². The van der Waals surface area contributed by atoms with Gasteiger partial charge in [-0.2, -0.15) is 15.0 Å². The van der Waals surface area contributed by atoms with Crippen LogP contribution in [0.15, 0.2) is 0 Å². The molecule has 6 heteroatoms. The molecule has 1 rings (SSSR count). The van der Waals surface area contributed by atoms with Gasteiger partial charge in [0.2, 0.25) is 11.9 Å². The molecule has 0 saturated heterocycles. The Kier molecular flexibility index (Phi) is 3.65. The molecule has 0 aromatic carbocycles. The zero-order chi connectivity index (χ0) is 11.4. The monoisotopic (exact) mass is 211 g/mol. The van der Waals surface area contributed by atoms with Crippen LogP contribution < -0.4 is 15.4 Å². The van der Waals surface area contributed by atoms with Crippen molar-refractivity contribution in [1.82, 2.24) is 15.0 Å². The van der Waals surface area contributed by atoms with E-state index in [0.717, 1.165) is 6.42 Å². The van der Waals surface area contributed by atoms with Gasteiger partial charge in [0, 0.05) is 13.1 Å². The summed E-state index contributed by atoms with van der Waals surface area (Å²) < 4.78 is 4.93. The first-order chi connectivity index (χ1) is 7.08. The summed E-state index contributed by atoms with van der Waals surface area (Å²) in [5.41, 5.74) is 5.55. The number of nitrogens with two attached hydrogens (primary N) is 1. The van der Waals surface area contributed by atoms with Crippen molar-refractivity contribution in [1.29, 1.82) is 0 Å². The van der Waals surface area contributed by atoms with Gasteiger partial charge in [-0.1, -0.05) is 6.92 Å². The van der Waals surface area contributed by atoms with E-state index < -0.39 is 0 Å². The highest BCUT2D eigenvalue weighted by Crippen LogP contribution is 2.14. The van der Waals surface area contributed by atoms with Crippen LogP contribution in [-0.2, 0) is 0 Å². The Bertz CT molecular complexity index is 330. The third-order valence-corrected chi connectivity index (χ3v) is 2.37. The minimum Gasteiger partial charge on any atom is -0.467 e. The van der Waals surface area contributed by atoms with Crippen molar-refractivity contribution in [3.63, 3.8) is 0 Å². The number of aromatic nitrogens is 3. The summed E-state index contributed by atoms with van der Waals surface area (Å²) in [6, 6.07) is 0.587. The molecule has 6 nitrogen and oxygen atoms in total. The first-order valence-corrected chi connectivity index (χ1v) is 4.86. The Morgan fingerprint density at radius 3 is 2.60 bits per heavy atom. The number of nitrogen functional groups attached to an aromatic ring is 1. The van der Waals surface area contributed by atoms with Crippen LogP contribution in [0.25, 0.3) is 0 Å². The summed E-state index contributed by atoms with van der Waals surface area (Å²) in [6.45, 7) is 4.19. The van der Waals surface area contributed by atoms with Gasteiger partial charge < -0.3 is 15.4 Å². The van der Waals surface area contributed by atoms with E-state index in [1.165, 1.54) is 7.11 Å². The Labute approximate surface area is 89.5 Å². The number of anilines is 2. The number of methoxy groups -OCH3 is 1. The van der Waals surface area contributed by atoms with Crippen LogP contribution in [0.1, 0.15) is 20.3 Å². The molecule has 1 aromatic heterocycles. The number of rotatable bonds is 4. The molecule has 15 heavy (non-hydrogen) atoms. The van der Waals surface area contributed by atoms with E-state index in [0.29, 0.717) is 12.0 Å². The van der Waals surface area contributed by atoms with E-state index in [-0.39, 0.29) is 12.0 Å². The van der Waals surface area contributed by atoms with Gasteiger partial charge in [0.15, 0.2) is 0 Å². The highest BCUT2D eigenvalue weighted by Gasteiger charge is 2.13. The van der Waals surface area contributed by atoms with Crippen molar-refractivity contribution in [3.8, 4) is 6.01 Å². The summed E-state index contributed by atoms with van der Waals surface area (Å²) in [4.78, 5) is 13.9. The molecule has 0 aliphatic rings. The molecule has 0 bridgehead atoms. The molecule has 1 unspecified atom stereocenters. The third kappa shape index (κ3) is 2.68. The van der Waals surface area contributed by atoms with Crippen molar-refractivity contribution in [3.05, 3.63) is 0 Å². The molecule has 0 amide bonds. The third-order valence-electron chi connectivity index (χ3n) is 2.37. The number of ether oxygens (including phenoxy) is 1. The van der Waals surface area contributed by atoms with Crippen LogP contribution in [0, 0.1) is 0 Å². The molecular weight excluding hydrogens is 194 g/mol. The highest BCUT2D eigenvalue weighted by atomic mass is 16.5. The average Bonchev–Trinajstić information content (AvgIpc) is 2.26.